The van der Waals surface area contributed by atoms with Crippen LogP contribution < -0.4 is 0 Å². The summed E-state index contributed by atoms with van der Waals surface area (Å²) in [6.07, 6.45) is 15.4. The van der Waals surface area contributed by atoms with Gasteiger partial charge in [0.15, 0.2) is 0 Å². The second-order valence-electron chi connectivity index (χ2n) is 5.16. The molecule has 1 aliphatic heterocycles. The number of aliphatic imine (C=N–C) groups is 1. The van der Waals surface area contributed by atoms with Gasteiger partial charge >= 0.3 is 0 Å². The first-order valence-corrected chi connectivity index (χ1v) is 7.49. The van der Waals surface area contributed by atoms with Gasteiger partial charge in [0, 0.05) is 42.1 Å². The van der Waals surface area contributed by atoms with Crippen LogP contribution >= 0.6 is 0 Å². The molecule has 0 spiro atoms. The van der Waals surface area contributed by atoms with Crippen molar-refractivity contribution in [3.63, 3.8) is 0 Å². The lowest BCUT2D eigenvalue weighted by atomic mass is 10.1. The van der Waals surface area contributed by atoms with Crippen molar-refractivity contribution >= 4 is 11.9 Å². The molecule has 0 fully saturated rings. The van der Waals surface area contributed by atoms with Crippen LogP contribution in [-0.2, 0) is 0 Å². The summed E-state index contributed by atoms with van der Waals surface area (Å²) in [5, 5.41) is 4.02. The number of nitrogens with zero attached hydrogens (tertiary/aromatic N) is 5. The van der Waals surface area contributed by atoms with Crippen LogP contribution in [0.25, 0.3) is 28.3 Å². The van der Waals surface area contributed by atoms with Crippen LogP contribution in [0.3, 0.4) is 0 Å². The van der Waals surface area contributed by atoms with Gasteiger partial charge in [0.1, 0.15) is 5.70 Å². The molecule has 24 heavy (non-hydrogen) atoms. The lowest BCUT2D eigenvalue weighted by Gasteiger charge is -2.01. The van der Waals surface area contributed by atoms with Gasteiger partial charge in [-0.1, -0.05) is 23.4 Å². The average Bonchev–Trinajstić information content (AvgIpc) is 2.98. The van der Waals surface area contributed by atoms with Crippen molar-refractivity contribution in [2.75, 3.05) is 0 Å². The minimum absolute atomic E-state index is 0.413. The molecule has 1 aliphatic rings. The van der Waals surface area contributed by atoms with Gasteiger partial charge in [0.2, 0.25) is 5.82 Å². The van der Waals surface area contributed by atoms with E-state index in [0.29, 0.717) is 17.4 Å². The largest absolute Gasteiger partial charge is 0.333 e. The van der Waals surface area contributed by atoms with E-state index in [-0.39, 0.29) is 0 Å². The molecule has 0 amide bonds. The maximum Gasteiger partial charge on any atom is 0.259 e. The Labute approximate surface area is 138 Å². The first-order valence-electron chi connectivity index (χ1n) is 7.49. The zero-order valence-electron chi connectivity index (χ0n) is 12.7. The quantitative estimate of drug-likeness (QED) is 0.738. The minimum atomic E-state index is 0.413. The van der Waals surface area contributed by atoms with E-state index in [1.807, 2.05) is 36.4 Å². The number of hydrogen-bond acceptors (Lipinski definition) is 6. The van der Waals surface area contributed by atoms with Gasteiger partial charge < -0.3 is 4.52 Å². The molecule has 0 aromatic carbocycles. The molecule has 0 radical (unpaired) electrons. The molecule has 3 aromatic heterocycles. The van der Waals surface area contributed by atoms with Crippen molar-refractivity contribution in [1.29, 1.82) is 0 Å². The average molecular weight is 315 g/mol. The summed E-state index contributed by atoms with van der Waals surface area (Å²) in [7, 11) is 0. The van der Waals surface area contributed by atoms with Crippen LogP contribution in [0.15, 0.2) is 70.7 Å². The Morgan fingerprint density at radius 3 is 2.83 bits per heavy atom. The number of pyridine rings is 2. The molecule has 116 valence electrons. The summed E-state index contributed by atoms with van der Waals surface area (Å²) in [6, 6.07) is 5.82. The summed E-state index contributed by atoms with van der Waals surface area (Å²) < 4.78 is 5.38. The van der Waals surface area contributed by atoms with E-state index >= 15 is 0 Å². The van der Waals surface area contributed by atoms with Crippen LogP contribution in [0.2, 0.25) is 0 Å². The Bertz CT molecular complexity index is 941. The molecular weight excluding hydrogens is 302 g/mol. The van der Waals surface area contributed by atoms with E-state index in [1.54, 1.807) is 31.0 Å². The Hall–Kier alpha value is -3.41. The summed E-state index contributed by atoms with van der Waals surface area (Å²) in [5.41, 5.74) is 3.38. The second-order valence-corrected chi connectivity index (χ2v) is 5.16. The van der Waals surface area contributed by atoms with E-state index in [2.05, 4.69) is 25.1 Å². The lowest BCUT2D eigenvalue weighted by Crippen LogP contribution is -1.87. The van der Waals surface area contributed by atoms with Gasteiger partial charge in [-0.25, -0.2) is 0 Å². The van der Waals surface area contributed by atoms with Gasteiger partial charge in [-0.2, -0.15) is 4.98 Å². The topological polar surface area (TPSA) is 77.1 Å². The summed E-state index contributed by atoms with van der Waals surface area (Å²) in [5.74, 6) is 0.883. The van der Waals surface area contributed by atoms with Gasteiger partial charge in [-0.15, -0.1) is 0 Å². The number of allylic oxidation sites excluding steroid dienone is 3. The van der Waals surface area contributed by atoms with Crippen molar-refractivity contribution < 1.29 is 4.52 Å². The maximum absolute atomic E-state index is 5.38. The Morgan fingerprint density at radius 1 is 1.00 bits per heavy atom. The molecule has 3 aromatic rings. The normalized spacial score (nSPS) is 13.6. The third-order valence-corrected chi connectivity index (χ3v) is 3.52. The van der Waals surface area contributed by atoms with E-state index in [9.17, 15) is 0 Å². The van der Waals surface area contributed by atoms with Crippen LogP contribution in [0.1, 0.15) is 12.2 Å². The molecule has 4 rings (SSSR count). The van der Waals surface area contributed by atoms with Crippen molar-refractivity contribution in [1.82, 2.24) is 20.1 Å². The molecule has 6 nitrogen and oxygen atoms in total. The van der Waals surface area contributed by atoms with Crippen molar-refractivity contribution in [2.45, 2.75) is 6.42 Å². The van der Waals surface area contributed by atoms with Crippen LogP contribution in [0, 0.1) is 0 Å². The lowest BCUT2D eigenvalue weighted by molar-refractivity contribution is 0.428. The summed E-state index contributed by atoms with van der Waals surface area (Å²) >= 11 is 0. The molecule has 0 atom stereocenters. The molecule has 0 bridgehead atoms. The highest BCUT2D eigenvalue weighted by atomic mass is 16.5. The molecular formula is C18H13N5O. The second kappa shape index (κ2) is 6.37. The number of rotatable bonds is 3. The van der Waals surface area contributed by atoms with E-state index < -0.39 is 0 Å². The van der Waals surface area contributed by atoms with Crippen LogP contribution in [0.5, 0.6) is 0 Å². The Balaban J connectivity index is 1.67. The molecule has 0 N–H and O–H groups in total. The fourth-order valence-electron chi connectivity index (χ4n) is 2.34. The minimum Gasteiger partial charge on any atom is -0.333 e. The first-order chi connectivity index (χ1) is 11.9. The van der Waals surface area contributed by atoms with E-state index in [1.165, 1.54) is 0 Å². The van der Waals surface area contributed by atoms with Gasteiger partial charge in [-0.3, -0.25) is 15.0 Å². The number of hydrogen-bond donors (Lipinski definition) is 0. The zero-order chi connectivity index (χ0) is 16.2. The molecule has 0 aliphatic carbocycles. The summed E-state index contributed by atoms with van der Waals surface area (Å²) in [4.78, 5) is 17.1. The Kier molecular flexibility index (Phi) is 3.77. The van der Waals surface area contributed by atoms with E-state index in [4.69, 9.17) is 4.52 Å². The van der Waals surface area contributed by atoms with Gasteiger partial charge in [-0.05, 0) is 24.6 Å². The third kappa shape index (κ3) is 2.89. The summed E-state index contributed by atoms with van der Waals surface area (Å²) in [6.45, 7) is 0. The monoisotopic (exact) mass is 315 g/mol. The first kappa shape index (κ1) is 14.2. The maximum atomic E-state index is 5.38. The van der Waals surface area contributed by atoms with Crippen molar-refractivity contribution in [3.05, 3.63) is 67.0 Å². The Morgan fingerprint density at radius 2 is 1.92 bits per heavy atom. The molecule has 0 saturated heterocycles. The van der Waals surface area contributed by atoms with Gasteiger partial charge in [0.25, 0.3) is 5.89 Å². The third-order valence-electron chi connectivity index (χ3n) is 3.52. The molecule has 4 heterocycles. The van der Waals surface area contributed by atoms with Crippen molar-refractivity contribution in [2.24, 2.45) is 4.99 Å². The van der Waals surface area contributed by atoms with Crippen molar-refractivity contribution in [3.8, 4) is 22.6 Å². The molecule has 6 heteroatoms. The van der Waals surface area contributed by atoms with E-state index in [0.717, 1.165) is 23.1 Å². The fourth-order valence-corrected chi connectivity index (χ4v) is 2.34. The highest BCUT2D eigenvalue weighted by molar-refractivity contribution is 5.80. The smallest absolute Gasteiger partial charge is 0.259 e. The zero-order valence-corrected chi connectivity index (χ0v) is 12.7. The SMILES string of the molecule is C1=CCC=C(c2noc(-c3cncc(-c4cccnc4)c3)n2)N=C1. The predicted molar refractivity (Wildman–Crippen MR) is 91.0 cm³/mol. The molecule has 0 unspecified atom stereocenters. The number of aromatic nitrogens is 4. The van der Waals surface area contributed by atoms with Crippen LogP contribution in [-0.4, -0.2) is 26.3 Å². The van der Waals surface area contributed by atoms with Crippen LogP contribution in [0.4, 0.5) is 0 Å². The highest BCUT2D eigenvalue weighted by Crippen LogP contribution is 2.25. The standard InChI is InChI=1S/C18H13N5O/c1-2-6-16(21-8-3-1)17-22-18(24-23-17)15-9-14(11-20-12-15)13-5-4-7-19-10-13/h1,3-12H,2H2. The van der Waals surface area contributed by atoms with Gasteiger partial charge in [0.05, 0.1) is 5.56 Å². The molecule has 0 saturated carbocycles. The predicted octanol–water partition coefficient (Wildman–Crippen LogP) is 3.57. The highest BCUT2D eigenvalue weighted by Gasteiger charge is 2.13. The fraction of sp³-hybridized carbons (Fsp3) is 0.0556.